The molecule has 0 aromatic carbocycles. The number of hydrogen-bond donors (Lipinski definition) is 3. The van der Waals surface area contributed by atoms with Gasteiger partial charge in [-0.3, -0.25) is 0 Å². The van der Waals surface area contributed by atoms with Crippen LogP contribution in [-0.4, -0.2) is 31.4 Å². The molecule has 3 nitrogen and oxygen atoms in total. The highest BCUT2D eigenvalue weighted by Gasteiger charge is 2.58. The van der Waals surface area contributed by atoms with E-state index in [0.29, 0.717) is 16.7 Å². The molecule has 0 aromatic heterocycles. The molecule has 5 fully saturated rings. The molecule has 7 unspecified atom stereocenters. The van der Waals surface area contributed by atoms with Crippen LogP contribution in [0.15, 0.2) is 37.5 Å². The van der Waals surface area contributed by atoms with E-state index in [4.69, 9.17) is 5.41 Å². The summed E-state index contributed by atoms with van der Waals surface area (Å²) in [7, 11) is 2.03. The Morgan fingerprint density at radius 1 is 0.976 bits per heavy atom. The number of fused-ring (bicyclic) bond motifs is 3. The molecule has 1 aliphatic heterocycles. The first-order valence-electron chi connectivity index (χ1n) is 18.0. The zero-order chi connectivity index (χ0) is 31.8. The van der Waals surface area contributed by atoms with Crippen LogP contribution in [0, 0.1) is 39.9 Å². The van der Waals surface area contributed by atoms with Crippen LogP contribution in [-0.2, 0) is 0 Å². The molecule has 7 atom stereocenters. The van der Waals surface area contributed by atoms with E-state index in [0.717, 1.165) is 35.5 Å². The zero-order valence-electron chi connectivity index (χ0n) is 29.6. The van der Waals surface area contributed by atoms with Gasteiger partial charge in [-0.15, -0.1) is 13.2 Å². The molecule has 5 aliphatic rings. The first-order chi connectivity index (χ1) is 20.2. The first kappa shape index (κ1) is 38.8. The molecule has 1 heterocycles. The van der Waals surface area contributed by atoms with Gasteiger partial charge in [0, 0.05) is 23.7 Å². The van der Waals surface area contributed by atoms with Crippen LogP contribution in [0.5, 0.6) is 0 Å². The molecule has 244 valence electrons. The van der Waals surface area contributed by atoms with Crippen molar-refractivity contribution >= 4 is 5.71 Å². The Labute approximate surface area is 263 Å². The second kappa shape index (κ2) is 20.0. The van der Waals surface area contributed by atoms with Gasteiger partial charge in [0.1, 0.15) is 0 Å². The fourth-order valence-corrected chi connectivity index (χ4v) is 9.37. The van der Waals surface area contributed by atoms with Crippen molar-refractivity contribution in [2.45, 2.75) is 157 Å². The van der Waals surface area contributed by atoms with Crippen molar-refractivity contribution < 1.29 is 0 Å². The van der Waals surface area contributed by atoms with Gasteiger partial charge in [0.2, 0.25) is 0 Å². The summed E-state index contributed by atoms with van der Waals surface area (Å²) in [5.74, 6) is 3.13. The monoisotopic (exact) mass is 584 g/mol. The molecular formula is C39H73N3. The summed E-state index contributed by atoms with van der Waals surface area (Å²) in [4.78, 5) is 0. The minimum Gasteiger partial charge on any atom is -0.317 e. The summed E-state index contributed by atoms with van der Waals surface area (Å²) in [5.41, 5.74) is 3.39. The van der Waals surface area contributed by atoms with Gasteiger partial charge in [-0.05, 0) is 126 Å². The summed E-state index contributed by atoms with van der Waals surface area (Å²) in [5, 5.41) is 14.9. The smallest absolute Gasteiger partial charge is 0.00946 e. The number of nitrogens with one attached hydrogen (secondary N) is 3. The van der Waals surface area contributed by atoms with Crippen LogP contribution in [0.1, 0.15) is 145 Å². The molecule has 42 heavy (non-hydrogen) atoms. The van der Waals surface area contributed by atoms with Gasteiger partial charge in [0.05, 0.1) is 0 Å². The standard InChI is InChI=1S/C23H37N.C7H15N.C5H11N.C2H6.C2H4/c1-6-8-17-9-10-18-20-12-11-19(16(3)24)23(20,5)15-13-21(18)22(17,4)14-7-2;1-2-4-7-5-3-6-8-7;1-6-5-3-2-4-5;2*1-2/h6,8,18-21,24H,1,7,9-15H2,2-5H3;7-8H,2-6H2,1H3;5-6H,2-4H2,1H3;1-2H3;1-2H2/b17-8-,24-16?;;;;. The molecule has 0 spiro atoms. The highest BCUT2D eigenvalue weighted by atomic mass is 14.9. The highest BCUT2D eigenvalue weighted by Crippen LogP contribution is 2.66. The lowest BCUT2D eigenvalue weighted by Crippen LogP contribution is -2.50. The van der Waals surface area contributed by atoms with Crippen LogP contribution < -0.4 is 10.6 Å². The van der Waals surface area contributed by atoms with Crippen LogP contribution in [0.25, 0.3) is 0 Å². The maximum Gasteiger partial charge on any atom is 0.00946 e. The summed E-state index contributed by atoms with van der Waals surface area (Å²) in [6.07, 6.45) is 24.7. The lowest BCUT2D eigenvalue weighted by atomic mass is 9.47. The quantitative estimate of drug-likeness (QED) is 0.206. The minimum absolute atomic E-state index is 0.380. The van der Waals surface area contributed by atoms with Gasteiger partial charge in [-0.1, -0.05) is 85.1 Å². The summed E-state index contributed by atoms with van der Waals surface area (Å²) < 4.78 is 0. The largest absolute Gasteiger partial charge is 0.317 e. The van der Waals surface area contributed by atoms with Gasteiger partial charge in [0.25, 0.3) is 0 Å². The molecule has 1 saturated heterocycles. The Bertz CT molecular complexity index is 789. The van der Waals surface area contributed by atoms with Gasteiger partial charge in [-0.25, -0.2) is 0 Å². The topological polar surface area (TPSA) is 47.9 Å². The summed E-state index contributed by atoms with van der Waals surface area (Å²) in [6.45, 7) is 27.0. The predicted octanol–water partition coefficient (Wildman–Crippen LogP) is 10.9. The third kappa shape index (κ3) is 9.65. The molecular weight excluding hydrogens is 510 g/mol. The van der Waals surface area contributed by atoms with Crippen LogP contribution >= 0.6 is 0 Å². The third-order valence-electron chi connectivity index (χ3n) is 11.7. The Balaban J connectivity index is 0.000000398. The molecule has 5 rings (SSSR count). The molecule has 4 saturated carbocycles. The van der Waals surface area contributed by atoms with E-state index in [-0.39, 0.29) is 0 Å². The molecule has 3 heteroatoms. The second-order valence-corrected chi connectivity index (χ2v) is 13.9. The van der Waals surface area contributed by atoms with E-state index in [1.54, 1.807) is 5.57 Å². The van der Waals surface area contributed by atoms with E-state index in [2.05, 4.69) is 71.1 Å². The molecule has 0 bridgehead atoms. The van der Waals surface area contributed by atoms with E-state index in [1.165, 1.54) is 103 Å². The molecule has 0 aromatic rings. The SMILES string of the molecule is C=C.C=C/C=C1/CCC2C(CCC3(C)C(C(C)=N)CCC23)C1(C)CCC.CC.CCCC1CCCN1.CNC1CCC1. The molecule has 0 radical (unpaired) electrons. The van der Waals surface area contributed by atoms with Crippen molar-refractivity contribution in [1.82, 2.24) is 10.6 Å². The molecule has 4 aliphatic carbocycles. The Morgan fingerprint density at radius 3 is 2.12 bits per heavy atom. The Hall–Kier alpha value is -1.19. The van der Waals surface area contributed by atoms with Crippen molar-refractivity contribution in [1.29, 1.82) is 5.41 Å². The Morgan fingerprint density at radius 2 is 1.67 bits per heavy atom. The first-order valence-corrected chi connectivity index (χ1v) is 18.0. The van der Waals surface area contributed by atoms with E-state index in [1.807, 2.05) is 27.0 Å². The number of allylic oxidation sites excluding steroid dienone is 3. The summed E-state index contributed by atoms with van der Waals surface area (Å²) in [6, 6.07) is 1.73. The molecule has 0 amide bonds. The average Bonchev–Trinajstić information content (AvgIpc) is 3.61. The second-order valence-electron chi connectivity index (χ2n) is 13.9. The van der Waals surface area contributed by atoms with Gasteiger partial charge in [-0.2, -0.15) is 0 Å². The lowest BCUT2D eigenvalue weighted by Gasteiger charge is -2.57. The normalized spacial score (nSPS) is 35.6. The maximum atomic E-state index is 8.28. The zero-order valence-corrected chi connectivity index (χ0v) is 29.6. The predicted molar refractivity (Wildman–Crippen MR) is 190 cm³/mol. The van der Waals surface area contributed by atoms with Crippen molar-refractivity contribution in [2.24, 2.45) is 34.5 Å². The molecule has 3 N–H and O–H groups in total. The van der Waals surface area contributed by atoms with Crippen LogP contribution in [0.3, 0.4) is 0 Å². The van der Waals surface area contributed by atoms with E-state index in [9.17, 15) is 0 Å². The van der Waals surface area contributed by atoms with Crippen molar-refractivity contribution in [3.8, 4) is 0 Å². The highest BCUT2D eigenvalue weighted by molar-refractivity contribution is 5.82. The minimum atomic E-state index is 0.380. The van der Waals surface area contributed by atoms with Gasteiger partial charge in [0.15, 0.2) is 0 Å². The van der Waals surface area contributed by atoms with Crippen molar-refractivity contribution in [3.63, 3.8) is 0 Å². The fourth-order valence-electron chi connectivity index (χ4n) is 9.37. The fraction of sp³-hybridized carbons (Fsp3) is 0.821. The van der Waals surface area contributed by atoms with E-state index < -0.39 is 0 Å². The van der Waals surface area contributed by atoms with Crippen LogP contribution in [0.4, 0.5) is 0 Å². The van der Waals surface area contributed by atoms with Crippen molar-refractivity contribution in [2.75, 3.05) is 13.6 Å². The van der Waals surface area contributed by atoms with Gasteiger partial charge < -0.3 is 16.0 Å². The third-order valence-corrected chi connectivity index (χ3v) is 11.7. The maximum absolute atomic E-state index is 8.28. The lowest BCUT2D eigenvalue weighted by molar-refractivity contribution is -0.0408. The van der Waals surface area contributed by atoms with Crippen molar-refractivity contribution in [3.05, 3.63) is 37.5 Å². The summed E-state index contributed by atoms with van der Waals surface area (Å²) >= 11 is 0. The number of hydrogen-bond acceptors (Lipinski definition) is 3. The average molecular weight is 584 g/mol. The van der Waals surface area contributed by atoms with Crippen LogP contribution in [0.2, 0.25) is 0 Å². The Kier molecular flexibility index (Phi) is 18.5. The van der Waals surface area contributed by atoms with Gasteiger partial charge >= 0.3 is 0 Å². The van der Waals surface area contributed by atoms with E-state index >= 15 is 0 Å². The number of rotatable bonds is 7.